The van der Waals surface area contributed by atoms with Gasteiger partial charge >= 0.3 is 0 Å². The van der Waals surface area contributed by atoms with E-state index in [4.69, 9.17) is 4.74 Å². The van der Waals surface area contributed by atoms with Crippen LogP contribution < -0.4 is 9.64 Å². The highest BCUT2D eigenvalue weighted by atomic mass is 32.1. The molecule has 2 rings (SSSR count). The lowest BCUT2D eigenvalue weighted by atomic mass is 10.1. The Bertz CT molecular complexity index is 611. The molecule has 3 heteroatoms. The summed E-state index contributed by atoms with van der Waals surface area (Å²) in [7, 11) is 1.75. The minimum Gasteiger partial charge on any atom is -0.496 e. The van der Waals surface area contributed by atoms with Crippen molar-refractivity contribution in [2.45, 2.75) is 39.5 Å². The van der Waals surface area contributed by atoms with Crippen molar-refractivity contribution in [1.29, 1.82) is 0 Å². The number of rotatable bonds is 10. The number of nitrogens with zero attached hydrogens (tertiary/aromatic N) is 1. The fraction of sp³-hybridized carbons (Fsp3) is 0.429. The second-order valence-electron chi connectivity index (χ2n) is 5.97. The Morgan fingerprint density at radius 3 is 2.38 bits per heavy atom. The molecule has 0 aliphatic carbocycles. The summed E-state index contributed by atoms with van der Waals surface area (Å²) < 4.78 is 5.64. The van der Waals surface area contributed by atoms with E-state index in [1.807, 2.05) is 0 Å². The lowest BCUT2D eigenvalue weighted by Crippen LogP contribution is -2.25. The normalized spacial score (nSPS) is 11.1. The Morgan fingerprint density at radius 2 is 1.79 bits per heavy atom. The van der Waals surface area contributed by atoms with Crippen LogP contribution in [0.2, 0.25) is 0 Å². The fourth-order valence-electron chi connectivity index (χ4n) is 2.66. The number of thiophene rings is 1. The SMILES string of the molecule is CCCCN(CCCC)c1ccc(/C=C/c2cccs2)c(OC)c1. The van der Waals surface area contributed by atoms with Gasteiger partial charge in [-0.3, -0.25) is 0 Å². The molecule has 2 nitrogen and oxygen atoms in total. The van der Waals surface area contributed by atoms with Crippen LogP contribution in [0.3, 0.4) is 0 Å². The van der Waals surface area contributed by atoms with Crippen molar-refractivity contribution in [3.8, 4) is 5.75 Å². The summed E-state index contributed by atoms with van der Waals surface area (Å²) in [6.07, 6.45) is 9.19. The van der Waals surface area contributed by atoms with Gasteiger partial charge in [-0.2, -0.15) is 0 Å². The minimum atomic E-state index is 0.943. The number of hydrogen-bond donors (Lipinski definition) is 0. The van der Waals surface area contributed by atoms with Crippen LogP contribution in [0.1, 0.15) is 50.0 Å². The zero-order chi connectivity index (χ0) is 17.2. The second-order valence-corrected chi connectivity index (χ2v) is 6.95. The van der Waals surface area contributed by atoms with E-state index in [0.29, 0.717) is 0 Å². The van der Waals surface area contributed by atoms with Gasteiger partial charge in [0.25, 0.3) is 0 Å². The monoisotopic (exact) mass is 343 g/mol. The predicted octanol–water partition coefficient (Wildman–Crippen LogP) is 6.33. The molecule has 0 amide bonds. The first-order chi connectivity index (χ1) is 11.8. The summed E-state index contributed by atoms with van der Waals surface area (Å²) >= 11 is 1.75. The number of methoxy groups -OCH3 is 1. The first kappa shape index (κ1) is 18.6. The Kier molecular flexibility index (Phi) is 7.90. The molecule has 24 heavy (non-hydrogen) atoms. The molecule has 0 spiro atoms. The van der Waals surface area contributed by atoms with Crippen molar-refractivity contribution in [1.82, 2.24) is 0 Å². The van der Waals surface area contributed by atoms with Crippen molar-refractivity contribution < 1.29 is 4.74 Å². The fourth-order valence-corrected chi connectivity index (χ4v) is 3.28. The highest BCUT2D eigenvalue weighted by Gasteiger charge is 2.09. The van der Waals surface area contributed by atoms with Crippen LogP contribution in [0.25, 0.3) is 12.2 Å². The molecule has 0 fully saturated rings. The largest absolute Gasteiger partial charge is 0.496 e. The highest BCUT2D eigenvalue weighted by molar-refractivity contribution is 7.10. The van der Waals surface area contributed by atoms with E-state index >= 15 is 0 Å². The van der Waals surface area contributed by atoms with E-state index in [0.717, 1.165) is 24.4 Å². The molecule has 0 atom stereocenters. The zero-order valence-electron chi connectivity index (χ0n) is 15.1. The third-order valence-corrected chi connectivity index (χ3v) is 4.95. The molecule has 0 aliphatic heterocycles. The molecule has 0 bridgehead atoms. The number of ether oxygens (including phenoxy) is 1. The maximum Gasteiger partial charge on any atom is 0.128 e. The van der Waals surface area contributed by atoms with Gasteiger partial charge in [0.1, 0.15) is 5.75 Å². The van der Waals surface area contributed by atoms with Crippen molar-refractivity contribution in [3.05, 3.63) is 46.2 Å². The van der Waals surface area contributed by atoms with E-state index in [9.17, 15) is 0 Å². The van der Waals surface area contributed by atoms with Gasteiger partial charge in [-0.25, -0.2) is 0 Å². The first-order valence-electron chi connectivity index (χ1n) is 8.93. The molecule has 0 aliphatic rings. The van der Waals surface area contributed by atoms with E-state index in [-0.39, 0.29) is 0 Å². The summed E-state index contributed by atoms with van der Waals surface area (Å²) in [4.78, 5) is 3.75. The molecule has 0 saturated heterocycles. The van der Waals surface area contributed by atoms with Crippen LogP contribution in [-0.4, -0.2) is 20.2 Å². The van der Waals surface area contributed by atoms with Gasteiger partial charge in [-0.15, -0.1) is 11.3 Å². The smallest absolute Gasteiger partial charge is 0.128 e. The Hall–Kier alpha value is -1.74. The summed E-state index contributed by atoms with van der Waals surface area (Å²) in [6, 6.07) is 10.8. The van der Waals surface area contributed by atoms with Gasteiger partial charge in [-0.1, -0.05) is 32.8 Å². The van der Waals surface area contributed by atoms with Gasteiger partial charge in [0.05, 0.1) is 7.11 Å². The average molecular weight is 344 g/mol. The molecule has 0 unspecified atom stereocenters. The predicted molar refractivity (Wildman–Crippen MR) is 108 cm³/mol. The summed E-state index contributed by atoms with van der Waals surface area (Å²) in [5, 5.41) is 2.10. The summed E-state index contributed by atoms with van der Waals surface area (Å²) in [5.41, 5.74) is 2.39. The lowest BCUT2D eigenvalue weighted by Gasteiger charge is -2.25. The molecule has 2 aromatic rings. The third-order valence-electron chi connectivity index (χ3n) is 4.12. The first-order valence-corrected chi connectivity index (χ1v) is 9.81. The van der Waals surface area contributed by atoms with E-state index in [1.54, 1.807) is 18.4 Å². The molecular weight excluding hydrogens is 314 g/mol. The number of anilines is 1. The van der Waals surface area contributed by atoms with Gasteiger partial charge < -0.3 is 9.64 Å². The van der Waals surface area contributed by atoms with Crippen LogP contribution in [0, 0.1) is 0 Å². The maximum atomic E-state index is 5.64. The van der Waals surface area contributed by atoms with Gasteiger partial charge in [0.15, 0.2) is 0 Å². The topological polar surface area (TPSA) is 12.5 Å². The summed E-state index contributed by atoms with van der Waals surface area (Å²) in [6.45, 7) is 6.72. The molecule has 0 saturated carbocycles. The van der Waals surface area contributed by atoms with Crippen LogP contribution in [0.4, 0.5) is 5.69 Å². The Balaban J connectivity index is 2.18. The van der Waals surface area contributed by atoms with Crippen molar-refractivity contribution >= 4 is 29.2 Å². The zero-order valence-corrected chi connectivity index (χ0v) is 15.9. The van der Waals surface area contributed by atoms with E-state index in [1.165, 1.54) is 36.2 Å². The van der Waals surface area contributed by atoms with Crippen LogP contribution >= 0.6 is 11.3 Å². The van der Waals surface area contributed by atoms with Crippen molar-refractivity contribution in [2.75, 3.05) is 25.1 Å². The quantitative estimate of drug-likeness (QED) is 0.499. The number of hydrogen-bond acceptors (Lipinski definition) is 3. The van der Waals surface area contributed by atoms with Crippen LogP contribution in [-0.2, 0) is 0 Å². The highest BCUT2D eigenvalue weighted by Crippen LogP contribution is 2.28. The lowest BCUT2D eigenvalue weighted by molar-refractivity contribution is 0.414. The number of benzene rings is 1. The maximum absolute atomic E-state index is 5.64. The minimum absolute atomic E-state index is 0.943. The van der Waals surface area contributed by atoms with Crippen LogP contribution in [0.5, 0.6) is 5.75 Å². The Morgan fingerprint density at radius 1 is 1.04 bits per heavy atom. The van der Waals surface area contributed by atoms with Gasteiger partial charge in [0.2, 0.25) is 0 Å². The third kappa shape index (κ3) is 5.41. The molecule has 130 valence electrons. The standard InChI is InChI=1S/C21H29NOS/c1-4-6-14-22(15-7-5-2)19-12-10-18(21(17-19)23-3)11-13-20-9-8-16-24-20/h8-13,16-17H,4-7,14-15H2,1-3H3/b13-11+. The molecule has 1 aromatic heterocycles. The molecule has 1 heterocycles. The summed E-state index contributed by atoms with van der Waals surface area (Å²) in [5.74, 6) is 0.943. The number of unbranched alkanes of at least 4 members (excludes halogenated alkanes) is 2. The van der Waals surface area contributed by atoms with Gasteiger partial charge in [-0.05, 0) is 48.6 Å². The molecule has 0 radical (unpaired) electrons. The van der Waals surface area contributed by atoms with Crippen molar-refractivity contribution in [2.24, 2.45) is 0 Å². The molecule has 0 N–H and O–H groups in total. The Labute approximate surface area is 150 Å². The van der Waals surface area contributed by atoms with Crippen molar-refractivity contribution in [3.63, 3.8) is 0 Å². The van der Waals surface area contributed by atoms with E-state index < -0.39 is 0 Å². The van der Waals surface area contributed by atoms with Crippen LogP contribution in [0.15, 0.2) is 35.7 Å². The van der Waals surface area contributed by atoms with E-state index in [2.05, 4.69) is 66.6 Å². The van der Waals surface area contributed by atoms with Gasteiger partial charge in [0, 0.05) is 35.3 Å². The molecule has 1 aromatic carbocycles. The average Bonchev–Trinajstić information content (AvgIpc) is 3.13. The second kappa shape index (κ2) is 10.2. The molecular formula is C21H29NOS.